The van der Waals surface area contributed by atoms with Gasteiger partial charge in [-0.05, 0) is 33.4 Å². The zero-order valence-corrected chi connectivity index (χ0v) is 10.1. The molecule has 0 aliphatic carbocycles. The Morgan fingerprint density at radius 2 is 1.62 bits per heavy atom. The van der Waals surface area contributed by atoms with E-state index in [4.69, 9.17) is 0 Å². The van der Waals surface area contributed by atoms with Gasteiger partial charge in [0.2, 0.25) is 0 Å². The van der Waals surface area contributed by atoms with Crippen molar-refractivity contribution in [1.82, 2.24) is 10.2 Å². The molecule has 0 bridgehead atoms. The minimum Gasteiger partial charge on any atom is -0.314 e. The van der Waals surface area contributed by atoms with Gasteiger partial charge in [0.25, 0.3) is 0 Å². The molecule has 1 unspecified atom stereocenters. The Morgan fingerprint density at radius 3 is 2.00 bits per heavy atom. The van der Waals surface area contributed by atoms with E-state index in [9.17, 15) is 0 Å². The third-order valence-electron chi connectivity index (χ3n) is 2.36. The van der Waals surface area contributed by atoms with E-state index in [1.165, 1.54) is 6.54 Å². The van der Waals surface area contributed by atoms with Gasteiger partial charge < -0.3 is 10.2 Å². The molecule has 0 aliphatic rings. The summed E-state index contributed by atoms with van der Waals surface area (Å²) < 4.78 is 0. The molecule has 0 heterocycles. The third kappa shape index (κ3) is 7.03. The SMILES string of the molecule is CC(CNC(C)C)CN(C)C(C)C. The molecule has 80 valence electrons. The minimum absolute atomic E-state index is 0.604. The summed E-state index contributed by atoms with van der Waals surface area (Å²) in [5.74, 6) is 0.731. The molecular weight excluding hydrogens is 160 g/mol. The topological polar surface area (TPSA) is 15.3 Å². The maximum absolute atomic E-state index is 3.46. The van der Waals surface area contributed by atoms with Crippen LogP contribution in [0.25, 0.3) is 0 Å². The second-order valence-electron chi connectivity index (χ2n) is 4.70. The summed E-state index contributed by atoms with van der Waals surface area (Å²) in [6.45, 7) is 13.5. The van der Waals surface area contributed by atoms with Gasteiger partial charge in [0.15, 0.2) is 0 Å². The highest BCUT2D eigenvalue weighted by molar-refractivity contribution is 4.65. The molecule has 0 aromatic heterocycles. The summed E-state index contributed by atoms with van der Waals surface area (Å²) in [7, 11) is 2.19. The fourth-order valence-electron chi connectivity index (χ4n) is 1.20. The quantitative estimate of drug-likeness (QED) is 0.682. The minimum atomic E-state index is 0.604. The largest absolute Gasteiger partial charge is 0.314 e. The maximum atomic E-state index is 3.46. The smallest absolute Gasteiger partial charge is 0.00356 e. The van der Waals surface area contributed by atoms with Crippen molar-refractivity contribution in [3.8, 4) is 0 Å². The van der Waals surface area contributed by atoms with Gasteiger partial charge in [0.05, 0.1) is 0 Å². The highest BCUT2D eigenvalue weighted by Crippen LogP contribution is 2.01. The number of nitrogens with zero attached hydrogens (tertiary/aromatic N) is 1. The first-order valence-electron chi connectivity index (χ1n) is 5.37. The van der Waals surface area contributed by atoms with Crippen molar-refractivity contribution in [2.75, 3.05) is 20.1 Å². The average molecular weight is 186 g/mol. The predicted octanol–water partition coefficient (Wildman–Crippen LogP) is 1.96. The zero-order chi connectivity index (χ0) is 10.4. The van der Waals surface area contributed by atoms with Gasteiger partial charge in [-0.1, -0.05) is 20.8 Å². The summed E-state index contributed by atoms with van der Waals surface area (Å²) >= 11 is 0. The fourth-order valence-corrected chi connectivity index (χ4v) is 1.20. The molecule has 0 fully saturated rings. The molecule has 0 rings (SSSR count). The molecule has 0 aromatic carbocycles. The van der Waals surface area contributed by atoms with E-state index < -0.39 is 0 Å². The zero-order valence-electron chi connectivity index (χ0n) is 10.1. The molecule has 1 N–H and O–H groups in total. The Hall–Kier alpha value is -0.0800. The first kappa shape index (κ1) is 12.9. The third-order valence-corrected chi connectivity index (χ3v) is 2.36. The van der Waals surface area contributed by atoms with Gasteiger partial charge in [-0.2, -0.15) is 0 Å². The van der Waals surface area contributed by atoms with E-state index >= 15 is 0 Å². The molecule has 0 spiro atoms. The van der Waals surface area contributed by atoms with Crippen LogP contribution in [0.15, 0.2) is 0 Å². The summed E-state index contributed by atoms with van der Waals surface area (Å²) in [6, 6.07) is 1.26. The molecule has 0 amide bonds. The molecule has 0 saturated carbocycles. The molecular formula is C11H26N2. The van der Waals surface area contributed by atoms with E-state index in [2.05, 4.69) is 51.9 Å². The lowest BCUT2D eigenvalue weighted by atomic mass is 10.1. The van der Waals surface area contributed by atoms with Crippen molar-refractivity contribution in [1.29, 1.82) is 0 Å². The highest BCUT2D eigenvalue weighted by Gasteiger charge is 2.08. The van der Waals surface area contributed by atoms with Crippen LogP contribution in [0.1, 0.15) is 34.6 Å². The second kappa shape index (κ2) is 6.39. The van der Waals surface area contributed by atoms with Crippen molar-refractivity contribution in [2.24, 2.45) is 5.92 Å². The van der Waals surface area contributed by atoms with Gasteiger partial charge >= 0.3 is 0 Å². The maximum Gasteiger partial charge on any atom is 0.00356 e. The highest BCUT2D eigenvalue weighted by atomic mass is 15.1. The Morgan fingerprint density at radius 1 is 1.08 bits per heavy atom. The Bertz CT molecular complexity index is 121. The van der Waals surface area contributed by atoms with Crippen LogP contribution in [0, 0.1) is 5.92 Å². The lowest BCUT2D eigenvalue weighted by Crippen LogP contribution is -2.36. The summed E-state index contributed by atoms with van der Waals surface area (Å²) in [5, 5.41) is 3.46. The van der Waals surface area contributed by atoms with Crippen molar-refractivity contribution in [3.63, 3.8) is 0 Å². The first-order valence-corrected chi connectivity index (χ1v) is 5.37. The Kier molecular flexibility index (Phi) is 6.35. The predicted molar refractivity (Wildman–Crippen MR) is 60.1 cm³/mol. The number of hydrogen-bond acceptors (Lipinski definition) is 2. The van der Waals surface area contributed by atoms with Crippen LogP contribution in [0.5, 0.6) is 0 Å². The number of hydrogen-bond donors (Lipinski definition) is 1. The molecule has 2 heteroatoms. The lowest BCUT2D eigenvalue weighted by molar-refractivity contribution is 0.232. The molecule has 1 atom stereocenters. The van der Waals surface area contributed by atoms with Crippen molar-refractivity contribution < 1.29 is 0 Å². The number of rotatable bonds is 6. The van der Waals surface area contributed by atoms with Gasteiger partial charge in [-0.15, -0.1) is 0 Å². The van der Waals surface area contributed by atoms with Crippen molar-refractivity contribution in [2.45, 2.75) is 46.7 Å². The van der Waals surface area contributed by atoms with Gasteiger partial charge in [0.1, 0.15) is 0 Å². The van der Waals surface area contributed by atoms with Crippen molar-refractivity contribution in [3.05, 3.63) is 0 Å². The summed E-state index contributed by atoms with van der Waals surface area (Å²) in [6.07, 6.45) is 0. The monoisotopic (exact) mass is 186 g/mol. The van der Waals surface area contributed by atoms with Crippen LogP contribution in [-0.4, -0.2) is 37.1 Å². The second-order valence-corrected chi connectivity index (χ2v) is 4.70. The van der Waals surface area contributed by atoms with Crippen LogP contribution in [0.4, 0.5) is 0 Å². The Labute approximate surface area is 83.7 Å². The van der Waals surface area contributed by atoms with E-state index in [-0.39, 0.29) is 0 Å². The van der Waals surface area contributed by atoms with Gasteiger partial charge in [0, 0.05) is 18.6 Å². The summed E-state index contributed by atoms with van der Waals surface area (Å²) in [4.78, 5) is 2.40. The number of nitrogens with one attached hydrogen (secondary N) is 1. The lowest BCUT2D eigenvalue weighted by Gasteiger charge is -2.25. The average Bonchev–Trinajstić information content (AvgIpc) is 2.00. The molecule has 13 heavy (non-hydrogen) atoms. The van der Waals surface area contributed by atoms with Crippen molar-refractivity contribution >= 4 is 0 Å². The van der Waals surface area contributed by atoms with Crippen LogP contribution in [0.3, 0.4) is 0 Å². The molecule has 0 saturated heterocycles. The molecule has 2 nitrogen and oxygen atoms in total. The Balaban J connectivity index is 3.55. The van der Waals surface area contributed by atoms with Crippen LogP contribution in [0.2, 0.25) is 0 Å². The fraction of sp³-hybridized carbons (Fsp3) is 1.00. The standard InChI is InChI=1S/C11H26N2/c1-9(2)12-7-11(5)8-13(6)10(3)4/h9-12H,7-8H2,1-6H3. The van der Waals surface area contributed by atoms with E-state index in [1.54, 1.807) is 0 Å². The molecule has 0 radical (unpaired) electrons. The van der Waals surface area contributed by atoms with E-state index in [0.29, 0.717) is 12.1 Å². The van der Waals surface area contributed by atoms with E-state index in [1.807, 2.05) is 0 Å². The summed E-state index contributed by atoms with van der Waals surface area (Å²) in [5.41, 5.74) is 0. The van der Waals surface area contributed by atoms with Gasteiger partial charge in [-0.25, -0.2) is 0 Å². The molecule has 0 aromatic rings. The van der Waals surface area contributed by atoms with Crippen LogP contribution in [-0.2, 0) is 0 Å². The van der Waals surface area contributed by atoms with Gasteiger partial charge in [-0.3, -0.25) is 0 Å². The molecule has 0 aliphatic heterocycles. The van der Waals surface area contributed by atoms with E-state index in [0.717, 1.165) is 12.5 Å². The first-order chi connectivity index (χ1) is 5.93. The van der Waals surface area contributed by atoms with Crippen LogP contribution < -0.4 is 5.32 Å². The van der Waals surface area contributed by atoms with Crippen LogP contribution >= 0.6 is 0 Å². The normalized spacial score (nSPS) is 14.5.